The van der Waals surface area contributed by atoms with Gasteiger partial charge in [0.1, 0.15) is 5.75 Å². The first-order valence-electron chi connectivity index (χ1n) is 5.92. The van der Waals surface area contributed by atoms with Gasteiger partial charge in [-0.2, -0.15) is 0 Å². The number of carbonyl (C=O) groups excluding carboxylic acids is 1. The summed E-state index contributed by atoms with van der Waals surface area (Å²) in [4.78, 5) is 16.1. The van der Waals surface area contributed by atoms with E-state index >= 15 is 0 Å². The molecule has 1 amide bonds. The maximum absolute atomic E-state index is 12.2. The molecule has 0 fully saturated rings. The average molecular weight is 452 g/mol. The number of carbonyl (C=O) groups is 1. The minimum Gasteiger partial charge on any atom is -0.495 e. The Kier molecular flexibility index (Phi) is 5.59. The number of hydrogen-bond donors (Lipinski definition) is 2. The highest BCUT2D eigenvalue weighted by Gasteiger charge is 2.12. The Labute approximate surface area is 148 Å². The van der Waals surface area contributed by atoms with E-state index in [-0.39, 0.29) is 12.3 Å². The summed E-state index contributed by atoms with van der Waals surface area (Å²) in [6.45, 7) is 1.91. The Hall–Kier alpha value is -0.700. The van der Waals surface area contributed by atoms with Crippen molar-refractivity contribution in [3.63, 3.8) is 0 Å². The fourth-order valence-electron chi connectivity index (χ4n) is 1.73. The molecule has 4 nitrogen and oxygen atoms in total. The quantitative estimate of drug-likeness (QED) is 0.654. The number of aromatic amines is 1. The predicted octanol–water partition coefficient (Wildman–Crippen LogP) is 4.83. The Morgan fingerprint density at radius 2 is 2.14 bits per heavy atom. The number of rotatable bonds is 4. The normalized spacial score (nSPS) is 10.5. The summed E-state index contributed by atoms with van der Waals surface area (Å²) >= 11 is 13.3. The molecule has 2 N–H and O–H groups in total. The van der Waals surface area contributed by atoms with Gasteiger partial charge < -0.3 is 15.0 Å². The van der Waals surface area contributed by atoms with E-state index in [4.69, 9.17) is 17.0 Å². The van der Waals surface area contributed by atoms with Crippen molar-refractivity contribution < 1.29 is 9.53 Å². The molecule has 0 aliphatic carbocycles. The second-order valence-corrected chi connectivity index (χ2v) is 7.73. The van der Waals surface area contributed by atoms with Crippen LogP contribution in [-0.2, 0) is 11.2 Å². The van der Waals surface area contributed by atoms with Gasteiger partial charge in [-0.3, -0.25) is 4.79 Å². The van der Waals surface area contributed by atoms with Gasteiger partial charge in [-0.05, 0) is 57.1 Å². The molecule has 1 aromatic carbocycles. The second kappa shape index (κ2) is 7.04. The van der Waals surface area contributed by atoms with Crippen LogP contribution >= 0.6 is 55.4 Å². The van der Waals surface area contributed by atoms with E-state index in [2.05, 4.69) is 42.2 Å². The standard InChI is InChI=1S/C13H12Br2N2O2S2/c1-6-11(21-13(20)16-6)5-12(18)17-9-4-10(19-2)8(15)3-7(9)14/h3-4H,5H2,1-2H3,(H,16,20)(H,17,18). The van der Waals surface area contributed by atoms with Crippen molar-refractivity contribution in [1.82, 2.24) is 4.98 Å². The van der Waals surface area contributed by atoms with Gasteiger partial charge in [-0.15, -0.1) is 11.3 Å². The molecule has 0 aliphatic rings. The highest BCUT2D eigenvalue weighted by atomic mass is 79.9. The zero-order valence-corrected chi connectivity index (χ0v) is 16.1. The minimum atomic E-state index is -0.103. The number of benzene rings is 1. The molecule has 21 heavy (non-hydrogen) atoms. The molecule has 112 valence electrons. The lowest BCUT2D eigenvalue weighted by Gasteiger charge is -2.11. The molecule has 2 rings (SSSR count). The molecule has 0 aliphatic heterocycles. The molecule has 1 aromatic heterocycles. The number of hydrogen-bond acceptors (Lipinski definition) is 4. The number of methoxy groups -OCH3 is 1. The topological polar surface area (TPSA) is 54.1 Å². The third-order valence-corrected chi connectivity index (χ3v) is 5.37. The highest BCUT2D eigenvalue weighted by Crippen LogP contribution is 2.34. The zero-order valence-electron chi connectivity index (χ0n) is 11.3. The van der Waals surface area contributed by atoms with E-state index in [9.17, 15) is 4.79 Å². The van der Waals surface area contributed by atoms with Crippen LogP contribution in [0.15, 0.2) is 21.1 Å². The maximum atomic E-state index is 12.2. The first kappa shape index (κ1) is 16.7. The summed E-state index contributed by atoms with van der Waals surface area (Å²) in [5, 5.41) is 2.87. The van der Waals surface area contributed by atoms with Crippen molar-refractivity contribution in [2.45, 2.75) is 13.3 Å². The van der Waals surface area contributed by atoms with E-state index in [0.29, 0.717) is 15.4 Å². The third-order valence-electron chi connectivity index (χ3n) is 2.76. The van der Waals surface area contributed by atoms with Crippen molar-refractivity contribution in [1.29, 1.82) is 0 Å². The molecule has 0 saturated heterocycles. The van der Waals surface area contributed by atoms with Gasteiger partial charge in [0.15, 0.2) is 3.95 Å². The number of ether oxygens (including phenoxy) is 1. The maximum Gasteiger partial charge on any atom is 0.229 e. The molecule has 0 bridgehead atoms. The van der Waals surface area contributed by atoms with Crippen molar-refractivity contribution in [2.75, 3.05) is 12.4 Å². The molecule has 0 radical (unpaired) electrons. The smallest absolute Gasteiger partial charge is 0.229 e. The molecule has 8 heteroatoms. The summed E-state index contributed by atoms with van der Waals surface area (Å²) in [6.07, 6.45) is 0.286. The van der Waals surface area contributed by atoms with Crippen LogP contribution in [0.1, 0.15) is 10.6 Å². The van der Waals surface area contributed by atoms with Crippen LogP contribution in [0, 0.1) is 10.9 Å². The molecule has 0 atom stereocenters. The first-order valence-corrected chi connectivity index (χ1v) is 8.73. The Bertz CT molecular complexity index is 740. The van der Waals surface area contributed by atoms with Crippen LogP contribution in [0.2, 0.25) is 0 Å². The third kappa shape index (κ3) is 4.15. The summed E-state index contributed by atoms with van der Waals surface area (Å²) in [5.74, 6) is 0.551. The van der Waals surface area contributed by atoms with E-state index in [0.717, 1.165) is 19.5 Å². The Morgan fingerprint density at radius 3 is 2.71 bits per heavy atom. The molecule has 2 aromatic rings. The summed E-state index contributed by atoms with van der Waals surface area (Å²) < 4.78 is 7.50. The van der Waals surface area contributed by atoms with Gasteiger partial charge >= 0.3 is 0 Å². The lowest BCUT2D eigenvalue weighted by molar-refractivity contribution is -0.115. The van der Waals surface area contributed by atoms with E-state index < -0.39 is 0 Å². The van der Waals surface area contributed by atoms with Gasteiger partial charge in [0.25, 0.3) is 0 Å². The molecule has 1 heterocycles. The van der Waals surface area contributed by atoms with Crippen LogP contribution < -0.4 is 10.1 Å². The second-order valence-electron chi connectivity index (χ2n) is 4.25. The van der Waals surface area contributed by atoms with Crippen LogP contribution in [0.3, 0.4) is 0 Å². The van der Waals surface area contributed by atoms with Crippen molar-refractivity contribution >= 4 is 67.0 Å². The summed E-state index contributed by atoms with van der Waals surface area (Å²) in [5.41, 5.74) is 1.60. The average Bonchev–Trinajstić information content (AvgIpc) is 2.71. The molecule has 0 unspecified atom stereocenters. The van der Waals surface area contributed by atoms with Gasteiger partial charge in [0.05, 0.1) is 23.7 Å². The first-order chi connectivity index (χ1) is 9.90. The monoisotopic (exact) mass is 450 g/mol. The lowest BCUT2D eigenvalue weighted by atomic mass is 10.2. The fourth-order valence-corrected chi connectivity index (χ4v) is 4.27. The Morgan fingerprint density at radius 1 is 1.43 bits per heavy atom. The summed E-state index contributed by atoms with van der Waals surface area (Å²) in [7, 11) is 1.58. The number of H-pyrrole nitrogens is 1. The van der Waals surface area contributed by atoms with Crippen LogP contribution in [-0.4, -0.2) is 18.0 Å². The van der Waals surface area contributed by atoms with Crippen LogP contribution in [0.25, 0.3) is 0 Å². The molecular formula is C13H12Br2N2O2S2. The molecule has 0 spiro atoms. The van der Waals surface area contributed by atoms with Crippen LogP contribution in [0.5, 0.6) is 5.75 Å². The van der Waals surface area contributed by atoms with E-state index in [1.54, 1.807) is 13.2 Å². The number of amides is 1. The number of aryl methyl sites for hydroxylation is 1. The fraction of sp³-hybridized carbons (Fsp3) is 0.231. The van der Waals surface area contributed by atoms with Gasteiger partial charge in [0, 0.05) is 21.1 Å². The predicted molar refractivity (Wildman–Crippen MR) is 95.0 cm³/mol. The van der Waals surface area contributed by atoms with E-state index in [1.807, 2.05) is 13.0 Å². The van der Waals surface area contributed by atoms with Crippen molar-refractivity contribution in [3.8, 4) is 5.75 Å². The highest BCUT2D eigenvalue weighted by molar-refractivity contribution is 9.11. The molecule has 0 saturated carbocycles. The largest absolute Gasteiger partial charge is 0.495 e. The van der Waals surface area contributed by atoms with Gasteiger partial charge in [0.2, 0.25) is 5.91 Å². The Balaban J connectivity index is 2.16. The number of nitrogens with one attached hydrogen (secondary N) is 2. The number of anilines is 1. The van der Waals surface area contributed by atoms with Gasteiger partial charge in [-0.1, -0.05) is 0 Å². The van der Waals surface area contributed by atoms with E-state index in [1.165, 1.54) is 11.3 Å². The SMILES string of the molecule is COc1cc(NC(=O)Cc2sc(=S)[nH]c2C)c(Br)cc1Br. The van der Waals surface area contributed by atoms with Crippen molar-refractivity contribution in [2.24, 2.45) is 0 Å². The van der Waals surface area contributed by atoms with Gasteiger partial charge in [-0.25, -0.2) is 0 Å². The number of halogens is 2. The minimum absolute atomic E-state index is 0.103. The zero-order chi connectivity index (χ0) is 15.6. The van der Waals surface area contributed by atoms with Crippen LogP contribution in [0.4, 0.5) is 5.69 Å². The lowest BCUT2D eigenvalue weighted by Crippen LogP contribution is -2.14. The summed E-state index contributed by atoms with van der Waals surface area (Å²) in [6, 6.07) is 3.60. The number of aromatic nitrogens is 1. The number of thiazole rings is 1. The molecular weight excluding hydrogens is 440 g/mol. The van der Waals surface area contributed by atoms with Crippen molar-refractivity contribution in [3.05, 3.63) is 35.6 Å².